The van der Waals surface area contributed by atoms with Crippen molar-refractivity contribution in [3.8, 4) is 0 Å². The average molecular weight is 192 g/mol. The Hall–Kier alpha value is -1.09. The molecule has 0 bridgehead atoms. The Kier molecular flexibility index (Phi) is 1.34. The van der Waals surface area contributed by atoms with Gasteiger partial charge in [0.2, 0.25) is 0 Å². The number of fused-ring (bicyclic) bond motifs is 2. The second kappa shape index (κ2) is 2.28. The molecule has 1 aliphatic heterocycles. The molecule has 2 unspecified atom stereocenters. The molecule has 3 heteroatoms. The quantitative estimate of drug-likeness (QED) is 0.654. The predicted molar refractivity (Wildman–Crippen MR) is 53.9 cm³/mol. The van der Waals surface area contributed by atoms with Gasteiger partial charge in [0.1, 0.15) is 5.82 Å². The third-order valence-corrected chi connectivity index (χ3v) is 3.55. The van der Waals surface area contributed by atoms with Gasteiger partial charge in [-0.25, -0.2) is 4.39 Å². The zero-order valence-corrected chi connectivity index (χ0v) is 8.10. The van der Waals surface area contributed by atoms with Crippen LogP contribution < -0.4 is 11.1 Å². The summed E-state index contributed by atoms with van der Waals surface area (Å²) in [5.74, 6) is -0.150. The maximum absolute atomic E-state index is 13.3. The largest absolute Gasteiger partial charge is 0.384 e. The van der Waals surface area contributed by atoms with Gasteiger partial charge in [0.25, 0.3) is 0 Å². The second-order valence-corrected chi connectivity index (χ2v) is 4.47. The summed E-state index contributed by atoms with van der Waals surface area (Å²) in [5.41, 5.74) is 9.12. The Labute approximate surface area is 82.3 Å². The minimum atomic E-state index is -0.150. The molecule has 2 aliphatic rings. The van der Waals surface area contributed by atoms with E-state index in [0.717, 1.165) is 29.8 Å². The zero-order valence-electron chi connectivity index (χ0n) is 8.10. The Balaban J connectivity index is 2.20. The predicted octanol–water partition coefficient (Wildman–Crippen LogP) is 1.53. The monoisotopic (exact) mass is 192 g/mol. The normalized spacial score (nSPS) is 32.9. The molecule has 0 saturated heterocycles. The first-order chi connectivity index (χ1) is 6.63. The molecular formula is C11H13FN2. The van der Waals surface area contributed by atoms with E-state index in [1.807, 2.05) is 6.92 Å². The van der Waals surface area contributed by atoms with Crippen molar-refractivity contribution >= 4 is 5.69 Å². The van der Waals surface area contributed by atoms with Crippen LogP contribution >= 0.6 is 0 Å². The van der Waals surface area contributed by atoms with Gasteiger partial charge in [0, 0.05) is 23.7 Å². The standard InChI is InChI=1S/C11H13FN2/c1-6-2-7(12)3-8-10(6)14-5-11(8)4-9(11)13/h2-3,9,14H,4-5,13H2,1H3. The molecule has 1 spiro atoms. The van der Waals surface area contributed by atoms with Gasteiger partial charge in [0.05, 0.1) is 0 Å². The summed E-state index contributed by atoms with van der Waals surface area (Å²) in [5, 5.41) is 3.33. The van der Waals surface area contributed by atoms with Crippen LogP contribution in [0, 0.1) is 12.7 Å². The minimum absolute atomic E-state index is 0.0438. The molecule has 1 aliphatic carbocycles. The number of rotatable bonds is 0. The Morgan fingerprint density at radius 2 is 2.29 bits per heavy atom. The first-order valence-corrected chi connectivity index (χ1v) is 4.93. The van der Waals surface area contributed by atoms with Crippen molar-refractivity contribution in [2.45, 2.75) is 24.8 Å². The third kappa shape index (κ3) is 0.831. The van der Waals surface area contributed by atoms with Gasteiger partial charge in [-0.3, -0.25) is 0 Å². The van der Waals surface area contributed by atoms with Gasteiger partial charge in [-0.15, -0.1) is 0 Å². The summed E-state index contributed by atoms with van der Waals surface area (Å²) in [6.45, 7) is 2.80. The van der Waals surface area contributed by atoms with Crippen molar-refractivity contribution in [1.29, 1.82) is 0 Å². The van der Waals surface area contributed by atoms with Gasteiger partial charge in [-0.1, -0.05) is 0 Å². The molecule has 1 fully saturated rings. The summed E-state index contributed by atoms with van der Waals surface area (Å²) >= 11 is 0. The Morgan fingerprint density at radius 3 is 2.93 bits per heavy atom. The SMILES string of the molecule is Cc1cc(F)cc2c1NCC21CC1N. The molecule has 0 amide bonds. The van der Waals surface area contributed by atoms with Crippen LogP contribution in [0.1, 0.15) is 17.5 Å². The van der Waals surface area contributed by atoms with Gasteiger partial charge in [-0.05, 0) is 36.6 Å². The van der Waals surface area contributed by atoms with E-state index in [-0.39, 0.29) is 17.3 Å². The molecule has 1 aromatic rings. The highest BCUT2D eigenvalue weighted by Crippen LogP contribution is 2.54. The molecule has 14 heavy (non-hydrogen) atoms. The van der Waals surface area contributed by atoms with Crippen LogP contribution in [0.3, 0.4) is 0 Å². The van der Waals surface area contributed by atoms with Gasteiger partial charge in [0.15, 0.2) is 0 Å². The lowest BCUT2D eigenvalue weighted by atomic mass is 9.96. The van der Waals surface area contributed by atoms with Crippen LogP contribution in [0.15, 0.2) is 12.1 Å². The Morgan fingerprint density at radius 1 is 1.57 bits per heavy atom. The minimum Gasteiger partial charge on any atom is -0.384 e. The highest BCUT2D eigenvalue weighted by molar-refractivity contribution is 5.68. The van der Waals surface area contributed by atoms with E-state index in [1.54, 1.807) is 12.1 Å². The summed E-state index contributed by atoms with van der Waals surface area (Å²) in [6, 6.07) is 3.41. The lowest BCUT2D eigenvalue weighted by molar-refractivity contribution is 0.620. The highest BCUT2D eigenvalue weighted by atomic mass is 19.1. The van der Waals surface area contributed by atoms with E-state index < -0.39 is 0 Å². The number of nitrogens with two attached hydrogens (primary N) is 1. The van der Waals surface area contributed by atoms with Crippen molar-refractivity contribution in [2.75, 3.05) is 11.9 Å². The van der Waals surface area contributed by atoms with Crippen molar-refractivity contribution in [3.05, 3.63) is 29.1 Å². The number of anilines is 1. The number of nitrogens with one attached hydrogen (secondary N) is 1. The summed E-state index contributed by atoms with van der Waals surface area (Å²) in [6.07, 6.45) is 0.982. The summed E-state index contributed by atoms with van der Waals surface area (Å²) in [7, 11) is 0. The number of hydrogen-bond acceptors (Lipinski definition) is 2. The fraction of sp³-hybridized carbons (Fsp3) is 0.455. The Bertz CT molecular complexity index is 416. The molecular weight excluding hydrogens is 179 g/mol. The van der Waals surface area contributed by atoms with Gasteiger partial charge >= 0.3 is 0 Å². The van der Waals surface area contributed by atoms with Crippen molar-refractivity contribution in [2.24, 2.45) is 5.73 Å². The third-order valence-electron chi connectivity index (χ3n) is 3.55. The van der Waals surface area contributed by atoms with Crippen LogP contribution in [0.2, 0.25) is 0 Å². The summed E-state index contributed by atoms with van der Waals surface area (Å²) < 4.78 is 13.3. The van der Waals surface area contributed by atoms with Crippen LogP contribution in [0.5, 0.6) is 0 Å². The van der Waals surface area contributed by atoms with Gasteiger partial charge in [-0.2, -0.15) is 0 Å². The molecule has 3 N–H and O–H groups in total. The maximum Gasteiger partial charge on any atom is 0.123 e. The highest BCUT2D eigenvalue weighted by Gasteiger charge is 2.57. The molecule has 3 rings (SSSR count). The van der Waals surface area contributed by atoms with Gasteiger partial charge < -0.3 is 11.1 Å². The van der Waals surface area contributed by atoms with E-state index in [1.165, 1.54) is 0 Å². The van der Waals surface area contributed by atoms with E-state index in [4.69, 9.17) is 5.73 Å². The second-order valence-electron chi connectivity index (χ2n) is 4.47. The molecule has 2 atom stereocenters. The fourth-order valence-corrected chi connectivity index (χ4v) is 2.56. The number of benzene rings is 1. The number of halogens is 1. The molecule has 1 aromatic carbocycles. The van der Waals surface area contributed by atoms with Crippen molar-refractivity contribution in [3.63, 3.8) is 0 Å². The van der Waals surface area contributed by atoms with E-state index in [9.17, 15) is 4.39 Å². The lowest BCUT2D eigenvalue weighted by Crippen LogP contribution is -2.20. The van der Waals surface area contributed by atoms with Crippen molar-refractivity contribution in [1.82, 2.24) is 0 Å². The first-order valence-electron chi connectivity index (χ1n) is 4.93. The molecule has 1 heterocycles. The van der Waals surface area contributed by atoms with Crippen LogP contribution in [0.4, 0.5) is 10.1 Å². The topological polar surface area (TPSA) is 38.0 Å². The molecule has 1 saturated carbocycles. The van der Waals surface area contributed by atoms with E-state index >= 15 is 0 Å². The van der Waals surface area contributed by atoms with E-state index in [0.29, 0.717) is 0 Å². The maximum atomic E-state index is 13.3. The number of hydrogen-bond donors (Lipinski definition) is 2. The summed E-state index contributed by atoms with van der Waals surface area (Å²) in [4.78, 5) is 0. The van der Waals surface area contributed by atoms with Crippen molar-refractivity contribution < 1.29 is 4.39 Å². The lowest BCUT2D eigenvalue weighted by Gasteiger charge is -2.08. The smallest absolute Gasteiger partial charge is 0.123 e. The molecule has 2 nitrogen and oxygen atoms in total. The van der Waals surface area contributed by atoms with E-state index in [2.05, 4.69) is 5.32 Å². The zero-order chi connectivity index (χ0) is 9.92. The van der Waals surface area contributed by atoms with Crippen LogP contribution in [-0.2, 0) is 5.41 Å². The average Bonchev–Trinajstić information content (AvgIpc) is 2.59. The van der Waals surface area contributed by atoms with Crippen LogP contribution in [-0.4, -0.2) is 12.6 Å². The first kappa shape index (κ1) is 8.24. The molecule has 0 aromatic heterocycles. The molecule has 0 radical (unpaired) electrons. The van der Waals surface area contributed by atoms with Crippen LogP contribution in [0.25, 0.3) is 0 Å². The fourth-order valence-electron chi connectivity index (χ4n) is 2.56. The molecule has 74 valence electrons. The number of aryl methyl sites for hydroxylation is 1.